The molecule has 0 aliphatic carbocycles. The Balaban J connectivity index is 1.67. The van der Waals surface area contributed by atoms with Crippen molar-refractivity contribution in [1.82, 2.24) is 14.7 Å². The molecule has 1 fully saturated rings. The second-order valence-corrected chi connectivity index (χ2v) is 7.11. The fourth-order valence-electron chi connectivity index (χ4n) is 2.85. The normalized spacial score (nSPS) is 17.2. The molecule has 1 N–H and O–H groups in total. The summed E-state index contributed by atoms with van der Waals surface area (Å²) in [6.07, 6.45) is 3.51. The number of nitrogens with zero attached hydrogens (tertiary/aromatic N) is 3. The number of carbonyl (C=O) groups excluding carboxylic acids is 1. The molecule has 1 aromatic heterocycles. The highest BCUT2D eigenvalue weighted by Gasteiger charge is 2.32. The van der Waals surface area contributed by atoms with Gasteiger partial charge < -0.3 is 10.2 Å². The van der Waals surface area contributed by atoms with Crippen molar-refractivity contribution in [3.05, 3.63) is 40.7 Å². The second-order valence-electron chi connectivity index (χ2n) is 5.94. The lowest BCUT2D eigenvalue weighted by Gasteiger charge is -2.22. The third kappa shape index (κ3) is 4.05. The molecule has 2 aromatic rings. The molecule has 1 amide bonds. The molecule has 0 spiro atoms. The molecule has 1 aromatic carbocycles. The van der Waals surface area contributed by atoms with Crippen LogP contribution in [0.4, 0.5) is 5.13 Å². The minimum Gasteiger partial charge on any atom is -0.354 e. The van der Waals surface area contributed by atoms with Crippen molar-refractivity contribution < 1.29 is 4.79 Å². The number of amides is 1. The molecular weight excluding hydrogens is 344 g/mol. The van der Waals surface area contributed by atoms with Crippen molar-refractivity contribution in [2.75, 3.05) is 18.0 Å². The molecule has 7 heteroatoms. The standard InChI is InChI=1S/C17H21ClN4OS/c1-2-9-19-16(23)14-4-3-10-22(14)17-20-15(21-24-17)11-12-5-7-13(18)8-6-12/h5-8,14H,2-4,9-11H2,1H3,(H,19,23). The summed E-state index contributed by atoms with van der Waals surface area (Å²) in [6, 6.07) is 7.60. The Hall–Kier alpha value is -1.66. The lowest BCUT2D eigenvalue weighted by atomic mass is 10.1. The van der Waals surface area contributed by atoms with Crippen LogP contribution in [-0.4, -0.2) is 34.4 Å². The first-order chi connectivity index (χ1) is 11.7. The molecule has 0 bridgehead atoms. The van der Waals surface area contributed by atoms with E-state index in [9.17, 15) is 4.79 Å². The Bertz CT molecular complexity index is 688. The van der Waals surface area contributed by atoms with Crippen LogP contribution in [0.3, 0.4) is 0 Å². The number of aromatic nitrogens is 2. The Morgan fingerprint density at radius 1 is 1.42 bits per heavy atom. The van der Waals surface area contributed by atoms with Crippen LogP contribution in [0.15, 0.2) is 24.3 Å². The zero-order chi connectivity index (χ0) is 16.9. The smallest absolute Gasteiger partial charge is 0.242 e. The molecule has 1 aliphatic rings. The summed E-state index contributed by atoms with van der Waals surface area (Å²) in [6.45, 7) is 3.64. The molecule has 2 heterocycles. The van der Waals surface area contributed by atoms with Crippen LogP contribution in [0.5, 0.6) is 0 Å². The van der Waals surface area contributed by atoms with Crippen LogP contribution in [0, 0.1) is 0 Å². The lowest BCUT2D eigenvalue weighted by Crippen LogP contribution is -2.43. The zero-order valence-corrected chi connectivity index (χ0v) is 15.2. The molecule has 1 atom stereocenters. The molecule has 1 saturated heterocycles. The fraction of sp³-hybridized carbons (Fsp3) is 0.471. The monoisotopic (exact) mass is 364 g/mol. The number of carbonyl (C=O) groups is 1. The first-order valence-corrected chi connectivity index (χ1v) is 9.44. The Labute approximate surface area is 151 Å². The summed E-state index contributed by atoms with van der Waals surface area (Å²) in [5, 5.41) is 4.56. The van der Waals surface area contributed by atoms with E-state index in [1.165, 1.54) is 11.5 Å². The minimum atomic E-state index is -0.118. The van der Waals surface area contributed by atoms with Gasteiger partial charge >= 0.3 is 0 Å². The summed E-state index contributed by atoms with van der Waals surface area (Å²) in [5.74, 6) is 0.890. The van der Waals surface area contributed by atoms with Gasteiger partial charge in [-0.3, -0.25) is 4.79 Å². The van der Waals surface area contributed by atoms with E-state index >= 15 is 0 Å². The molecule has 0 radical (unpaired) electrons. The maximum atomic E-state index is 12.3. The van der Waals surface area contributed by atoms with E-state index in [4.69, 9.17) is 11.6 Å². The van der Waals surface area contributed by atoms with Gasteiger partial charge in [-0.15, -0.1) is 0 Å². The minimum absolute atomic E-state index is 0.101. The van der Waals surface area contributed by atoms with E-state index < -0.39 is 0 Å². The Morgan fingerprint density at radius 3 is 2.96 bits per heavy atom. The first kappa shape index (κ1) is 17.2. The molecule has 0 saturated carbocycles. The first-order valence-electron chi connectivity index (χ1n) is 8.28. The third-order valence-corrected chi connectivity index (χ3v) is 5.13. The summed E-state index contributed by atoms with van der Waals surface area (Å²) < 4.78 is 4.46. The van der Waals surface area contributed by atoms with Gasteiger partial charge in [-0.05, 0) is 37.0 Å². The van der Waals surface area contributed by atoms with Crippen molar-refractivity contribution in [2.24, 2.45) is 0 Å². The number of rotatable bonds is 6. The second kappa shape index (κ2) is 7.94. The molecule has 3 rings (SSSR count). The van der Waals surface area contributed by atoms with Gasteiger partial charge in [-0.1, -0.05) is 30.7 Å². The van der Waals surface area contributed by atoms with Gasteiger partial charge in [0.05, 0.1) is 0 Å². The molecular formula is C17H21ClN4OS. The number of hydrogen-bond donors (Lipinski definition) is 1. The summed E-state index contributed by atoms with van der Waals surface area (Å²) in [4.78, 5) is 19.0. The van der Waals surface area contributed by atoms with Gasteiger partial charge in [-0.25, -0.2) is 4.98 Å². The maximum Gasteiger partial charge on any atom is 0.242 e. The Kier molecular flexibility index (Phi) is 5.68. The van der Waals surface area contributed by atoms with Gasteiger partial charge in [0.2, 0.25) is 11.0 Å². The van der Waals surface area contributed by atoms with Gasteiger partial charge in [0.1, 0.15) is 11.9 Å². The lowest BCUT2D eigenvalue weighted by molar-refractivity contribution is -0.122. The molecule has 24 heavy (non-hydrogen) atoms. The highest BCUT2D eigenvalue weighted by atomic mass is 35.5. The van der Waals surface area contributed by atoms with Gasteiger partial charge in [0, 0.05) is 36.1 Å². The predicted octanol–water partition coefficient (Wildman–Crippen LogP) is 3.28. The van der Waals surface area contributed by atoms with Crippen LogP contribution in [0.1, 0.15) is 37.6 Å². The van der Waals surface area contributed by atoms with Crippen molar-refractivity contribution in [3.63, 3.8) is 0 Å². The van der Waals surface area contributed by atoms with Crippen LogP contribution < -0.4 is 10.2 Å². The predicted molar refractivity (Wildman–Crippen MR) is 97.8 cm³/mol. The average Bonchev–Trinajstić information content (AvgIpc) is 3.23. The van der Waals surface area contributed by atoms with Crippen molar-refractivity contribution in [3.8, 4) is 0 Å². The number of hydrogen-bond acceptors (Lipinski definition) is 5. The van der Waals surface area contributed by atoms with Gasteiger partial charge in [0.15, 0.2) is 0 Å². The van der Waals surface area contributed by atoms with Crippen LogP contribution in [-0.2, 0) is 11.2 Å². The van der Waals surface area contributed by atoms with Crippen molar-refractivity contribution in [2.45, 2.75) is 38.6 Å². The van der Waals surface area contributed by atoms with E-state index in [0.29, 0.717) is 6.42 Å². The topological polar surface area (TPSA) is 58.1 Å². The van der Waals surface area contributed by atoms with Gasteiger partial charge in [0.25, 0.3) is 0 Å². The summed E-state index contributed by atoms with van der Waals surface area (Å²) in [7, 11) is 0. The molecule has 1 unspecified atom stereocenters. The molecule has 1 aliphatic heterocycles. The quantitative estimate of drug-likeness (QED) is 0.854. The van der Waals surface area contributed by atoms with Crippen molar-refractivity contribution in [1.29, 1.82) is 0 Å². The highest BCUT2D eigenvalue weighted by Crippen LogP contribution is 2.27. The zero-order valence-electron chi connectivity index (χ0n) is 13.7. The largest absolute Gasteiger partial charge is 0.354 e. The van der Waals surface area contributed by atoms with E-state index in [1.807, 2.05) is 24.3 Å². The van der Waals surface area contributed by atoms with Crippen LogP contribution in [0.25, 0.3) is 0 Å². The third-order valence-electron chi connectivity index (χ3n) is 4.08. The molecule has 5 nitrogen and oxygen atoms in total. The maximum absolute atomic E-state index is 12.3. The van der Waals surface area contributed by atoms with E-state index in [1.54, 1.807) is 0 Å². The summed E-state index contributed by atoms with van der Waals surface area (Å²) >= 11 is 7.29. The van der Waals surface area contributed by atoms with Crippen LogP contribution in [0.2, 0.25) is 5.02 Å². The Morgan fingerprint density at radius 2 is 2.21 bits per heavy atom. The number of anilines is 1. The number of nitrogens with one attached hydrogen (secondary N) is 1. The summed E-state index contributed by atoms with van der Waals surface area (Å²) in [5.41, 5.74) is 1.13. The molecule has 128 valence electrons. The highest BCUT2D eigenvalue weighted by molar-refractivity contribution is 7.09. The number of halogens is 1. The number of benzene rings is 1. The fourth-order valence-corrected chi connectivity index (χ4v) is 3.74. The van der Waals surface area contributed by atoms with Crippen LogP contribution >= 0.6 is 23.1 Å². The SMILES string of the molecule is CCCNC(=O)C1CCCN1c1nc(Cc2ccc(Cl)cc2)ns1. The van der Waals surface area contributed by atoms with Gasteiger partial charge in [-0.2, -0.15) is 4.37 Å². The average molecular weight is 365 g/mol. The van der Waals surface area contributed by atoms with E-state index in [-0.39, 0.29) is 11.9 Å². The van der Waals surface area contributed by atoms with Crippen molar-refractivity contribution >= 4 is 34.2 Å². The van der Waals surface area contributed by atoms with E-state index in [2.05, 4.69) is 26.5 Å². The van der Waals surface area contributed by atoms with E-state index in [0.717, 1.165) is 53.9 Å².